The molecule has 0 radical (unpaired) electrons. The molecule has 196 valence electrons. The third-order valence-corrected chi connectivity index (χ3v) is 7.24. The van der Waals surface area contributed by atoms with E-state index in [4.69, 9.17) is 16.3 Å². The Hall–Kier alpha value is -3.82. The smallest absolute Gasteiger partial charge is 0.256 e. The topological polar surface area (TPSA) is 91.8 Å². The number of carbonyl (C=O) groups excluding carboxylic acids is 3. The Bertz CT molecular complexity index is 1330. The summed E-state index contributed by atoms with van der Waals surface area (Å²) in [6, 6.07) is 14.7. The molecule has 1 unspecified atom stereocenters. The predicted molar refractivity (Wildman–Crippen MR) is 138 cm³/mol. The molecule has 2 fully saturated rings. The molecule has 2 aliphatic rings. The number of ether oxygens (including phenoxy) is 1. The number of nitrogens with zero attached hydrogens (tertiary/aromatic N) is 3. The molecule has 8 nitrogen and oxygen atoms in total. The second kappa shape index (κ2) is 10.9. The van der Waals surface area contributed by atoms with Gasteiger partial charge in [-0.15, -0.1) is 0 Å². The minimum Gasteiger partial charge on any atom is -0.353 e. The molecule has 2 saturated heterocycles. The van der Waals surface area contributed by atoms with E-state index >= 15 is 0 Å². The van der Waals surface area contributed by atoms with Crippen LogP contribution in [0.15, 0.2) is 73.1 Å². The average molecular weight is 537 g/mol. The van der Waals surface area contributed by atoms with Gasteiger partial charge in [-0.1, -0.05) is 17.7 Å². The molecule has 2 aliphatic heterocycles. The van der Waals surface area contributed by atoms with E-state index in [1.54, 1.807) is 53.7 Å². The second-order valence-corrected chi connectivity index (χ2v) is 9.77. The quantitative estimate of drug-likeness (QED) is 0.537. The summed E-state index contributed by atoms with van der Waals surface area (Å²) in [6.45, 7) is 0.893. The van der Waals surface area contributed by atoms with Crippen molar-refractivity contribution in [2.24, 2.45) is 0 Å². The normalized spacial score (nSPS) is 18.4. The number of amides is 3. The molecule has 1 N–H and O–H groups in total. The van der Waals surface area contributed by atoms with Crippen molar-refractivity contribution in [1.82, 2.24) is 20.1 Å². The van der Waals surface area contributed by atoms with Crippen LogP contribution in [-0.2, 0) is 16.1 Å². The summed E-state index contributed by atoms with van der Waals surface area (Å²) in [5.74, 6) is -1.57. The number of likely N-dealkylation sites (tertiary alicyclic amines) is 1. The number of rotatable bonds is 5. The van der Waals surface area contributed by atoms with Crippen LogP contribution in [0, 0.1) is 5.82 Å². The number of hydrogen-bond acceptors (Lipinski definition) is 5. The lowest BCUT2D eigenvalue weighted by Gasteiger charge is -2.44. The molecule has 5 rings (SSSR count). The van der Waals surface area contributed by atoms with Gasteiger partial charge in [0.15, 0.2) is 0 Å². The standard InChI is InChI=1S/C28H26ClFN4O4/c29-22-6-4-20(5-7-22)26(36)33-14-10-28(11-15-33)34(27(37)21-2-1-3-23(30)16-21)24(18-38-28)25(35)32-17-19-8-12-31-13-9-19/h1-9,12-13,16,24H,10-11,14-15,17-18H2,(H,32,35). The van der Waals surface area contributed by atoms with Crippen LogP contribution in [0.1, 0.15) is 39.1 Å². The molecule has 1 aromatic heterocycles. The largest absolute Gasteiger partial charge is 0.353 e. The van der Waals surface area contributed by atoms with Crippen LogP contribution in [0.3, 0.4) is 0 Å². The predicted octanol–water partition coefficient (Wildman–Crippen LogP) is 3.66. The molecule has 38 heavy (non-hydrogen) atoms. The summed E-state index contributed by atoms with van der Waals surface area (Å²) in [5, 5.41) is 3.41. The van der Waals surface area contributed by atoms with E-state index in [2.05, 4.69) is 10.3 Å². The molecular formula is C28H26ClFN4O4. The third-order valence-electron chi connectivity index (χ3n) is 6.99. The maximum atomic E-state index is 14.0. The summed E-state index contributed by atoms with van der Waals surface area (Å²) in [4.78, 5) is 47.2. The van der Waals surface area contributed by atoms with Gasteiger partial charge < -0.3 is 15.0 Å². The Kier molecular flexibility index (Phi) is 7.40. The van der Waals surface area contributed by atoms with E-state index in [-0.39, 0.29) is 30.5 Å². The first kappa shape index (κ1) is 25.8. The van der Waals surface area contributed by atoms with Gasteiger partial charge in [-0.3, -0.25) is 24.3 Å². The van der Waals surface area contributed by atoms with Gasteiger partial charge in [0, 0.05) is 61.0 Å². The van der Waals surface area contributed by atoms with Gasteiger partial charge in [-0.05, 0) is 60.2 Å². The second-order valence-electron chi connectivity index (χ2n) is 9.33. The van der Waals surface area contributed by atoms with Crippen LogP contribution in [0.5, 0.6) is 0 Å². The molecular weight excluding hydrogens is 511 g/mol. The zero-order chi connectivity index (χ0) is 26.7. The Morgan fingerprint density at radius 2 is 1.71 bits per heavy atom. The molecule has 10 heteroatoms. The van der Waals surface area contributed by atoms with Crippen LogP contribution in [0.4, 0.5) is 4.39 Å². The highest BCUT2D eigenvalue weighted by Crippen LogP contribution is 2.39. The Morgan fingerprint density at radius 3 is 2.39 bits per heavy atom. The minimum atomic E-state index is -1.10. The fourth-order valence-electron chi connectivity index (χ4n) is 4.97. The van der Waals surface area contributed by atoms with Gasteiger partial charge in [0.2, 0.25) is 5.91 Å². The summed E-state index contributed by atoms with van der Waals surface area (Å²) in [6.07, 6.45) is 3.88. The number of halogens is 2. The first-order chi connectivity index (χ1) is 18.4. The highest BCUT2D eigenvalue weighted by molar-refractivity contribution is 6.30. The third kappa shape index (κ3) is 5.25. The van der Waals surface area contributed by atoms with Gasteiger partial charge in [0.25, 0.3) is 11.8 Å². The van der Waals surface area contributed by atoms with E-state index in [0.29, 0.717) is 36.5 Å². The van der Waals surface area contributed by atoms with E-state index < -0.39 is 23.5 Å². The summed E-state index contributed by atoms with van der Waals surface area (Å²) in [7, 11) is 0. The van der Waals surface area contributed by atoms with E-state index in [1.807, 2.05) is 0 Å². The molecule has 3 amide bonds. The molecule has 1 atom stereocenters. The van der Waals surface area contributed by atoms with Gasteiger partial charge in [-0.2, -0.15) is 0 Å². The number of nitrogens with one attached hydrogen (secondary N) is 1. The van der Waals surface area contributed by atoms with Crippen LogP contribution in [0.2, 0.25) is 5.02 Å². The van der Waals surface area contributed by atoms with Crippen molar-refractivity contribution >= 4 is 29.3 Å². The maximum Gasteiger partial charge on any atom is 0.256 e. The van der Waals surface area contributed by atoms with Crippen LogP contribution >= 0.6 is 11.6 Å². The molecule has 3 aromatic rings. The number of hydrogen-bond donors (Lipinski definition) is 1. The van der Waals surface area contributed by atoms with Crippen molar-refractivity contribution in [2.45, 2.75) is 31.2 Å². The van der Waals surface area contributed by atoms with E-state index in [0.717, 1.165) is 11.6 Å². The molecule has 3 heterocycles. The number of carbonyl (C=O) groups is 3. The van der Waals surface area contributed by atoms with Crippen molar-refractivity contribution < 1.29 is 23.5 Å². The summed E-state index contributed by atoms with van der Waals surface area (Å²) in [5.41, 5.74) is 0.401. The first-order valence-corrected chi connectivity index (χ1v) is 12.7. The fraction of sp³-hybridized carbons (Fsp3) is 0.286. The molecule has 1 spiro atoms. The van der Waals surface area contributed by atoms with Crippen LogP contribution in [0.25, 0.3) is 0 Å². The summed E-state index contributed by atoms with van der Waals surface area (Å²) >= 11 is 5.95. The average Bonchev–Trinajstić information content (AvgIpc) is 3.30. The van der Waals surface area contributed by atoms with Crippen molar-refractivity contribution in [3.05, 3.63) is 101 Å². The van der Waals surface area contributed by atoms with Gasteiger partial charge >= 0.3 is 0 Å². The van der Waals surface area contributed by atoms with Crippen molar-refractivity contribution in [3.63, 3.8) is 0 Å². The van der Waals surface area contributed by atoms with E-state index in [1.165, 1.54) is 23.1 Å². The highest BCUT2D eigenvalue weighted by atomic mass is 35.5. The zero-order valence-electron chi connectivity index (χ0n) is 20.5. The lowest BCUT2D eigenvalue weighted by molar-refractivity contribution is -0.128. The number of aromatic nitrogens is 1. The fourth-order valence-corrected chi connectivity index (χ4v) is 5.10. The van der Waals surface area contributed by atoms with Gasteiger partial charge in [-0.25, -0.2) is 4.39 Å². The molecule has 0 saturated carbocycles. The Labute approximate surface area is 224 Å². The monoisotopic (exact) mass is 536 g/mol. The van der Waals surface area contributed by atoms with Crippen molar-refractivity contribution in [3.8, 4) is 0 Å². The van der Waals surface area contributed by atoms with Crippen LogP contribution < -0.4 is 5.32 Å². The van der Waals surface area contributed by atoms with Crippen molar-refractivity contribution in [1.29, 1.82) is 0 Å². The summed E-state index contributed by atoms with van der Waals surface area (Å²) < 4.78 is 20.2. The SMILES string of the molecule is O=C(NCc1ccncc1)C1COC2(CCN(C(=O)c3ccc(Cl)cc3)CC2)N1C(=O)c1cccc(F)c1. The Morgan fingerprint density at radius 1 is 1.00 bits per heavy atom. The minimum absolute atomic E-state index is 0.00559. The maximum absolute atomic E-state index is 14.0. The van der Waals surface area contributed by atoms with E-state index in [9.17, 15) is 18.8 Å². The molecule has 0 aliphatic carbocycles. The number of piperidine rings is 1. The first-order valence-electron chi connectivity index (χ1n) is 12.3. The number of pyridine rings is 1. The number of benzene rings is 2. The van der Waals surface area contributed by atoms with Gasteiger partial charge in [0.1, 0.15) is 17.6 Å². The Balaban J connectivity index is 1.36. The lowest BCUT2D eigenvalue weighted by Crippen LogP contribution is -2.59. The highest BCUT2D eigenvalue weighted by Gasteiger charge is 2.54. The molecule has 2 aromatic carbocycles. The van der Waals surface area contributed by atoms with Crippen molar-refractivity contribution in [2.75, 3.05) is 19.7 Å². The molecule has 0 bridgehead atoms. The zero-order valence-corrected chi connectivity index (χ0v) is 21.2. The van der Waals surface area contributed by atoms with Crippen LogP contribution in [-0.4, -0.2) is 64.0 Å². The van der Waals surface area contributed by atoms with Gasteiger partial charge in [0.05, 0.1) is 6.61 Å². The lowest BCUT2D eigenvalue weighted by atomic mass is 9.96.